The summed E-state index contributed by atoms with van der Waals surface area (Å²) < 4.78 is 0. The number of urea groups is 1. The van der Waals surface area contributed by atoms with Gasteiger partial charge < -0.3 is 15.5 Å². The molecule has 136 valence electrons. The third-order valence-electron chi connectivity index (χ3n) is 5.14. The van der Waals surface area contributed by atoms with Gasteiger partial charge in [-0.15, -0.1) is 11.3 Å². The van der Waals surface area contributed by atoms with E-state index in [-0.39, 0.29) is 18.0 Å². The summed E-state index contributed by atoms with van der Waals surface area (Å²) in [6.45, 7) is 4.10. The van der Waals surface area contributed by atoms with Gasteiger partial charge in [-0.3, -0.25) is 9.69 Å². The number of para-hydroxylation sites is 2. The summed E-state index contributed by atoms with van der Waals surface area (Å²) >= 11 is 1.42. The SMILES string of the molecule is C[C@H]1CN(C)CC[C@@H]1NC(=O)N1c2ccccc2NC(=O)c2cscc21. The first kappa shape index (κ1) is 17.1. The quantitative estimate of drug-likeness (QED) is 0.807. The Morgan fingerprint density at radius 2 is 2.08 bits per heavy atom. The molecule has 1 saturated heterocycles. The first-order valence-corrected chi connectivity index (χ1v) is 9.74. The lowest BCUT2D eigenvalue weighted by atomic mass is 9.94. The maximum absolute atomic E-state index is 13.2. The molecule has 1 fully saturated rings. The fraction of sp³-hybridized carbons (Fsp3) is 0.368. The smallest absolute Gasteiger partial charge is 0.326 e. The van der Waals surface area contributed by atoms with Gasteiger partial charge in [0.1, 0.15) is 0 Å². The summed E-state index contributed by atoms with van der Waals surface area (Å²) in [6, 6.07) is 7.35. The number of likely N-dealkylation sites (tertiary alicyclic amines) is 1. The van der Waals surface area contributed by atoms with E-state index in [4.69, 9.17) is 0 Å². The second-order valence-corrected chi connectivity index (χ2v) is 7.81. The van der Waals surface area contributed by atoms with Crippen LogP contribution in [0.1, 0.15) is 23.7 Å². The van der Waals surface area contributed by atoms with Crippen molar-refractivity contribution in [2.24, 2.45) is 5.92 Å². The van der Waals surface area contributed by atoms with Crippen LogP contribution in [0.5, 0.6) is 0 Å². The molecule has 0 spiro atoms. The van der Waals surface area contributed by atoms with Crippen LogP contribution in [0.25, 0.3) is 0 Å². The van der Waals surface area contributed by atoms with Crippen LogP contribution in [0, 0.1) is 5.92 Å². The number of amides is 3. The average molecular weight is 370 g/mol. The van der Waals surface area contributed by atoms with Gasteiger partial charge in [0.25, 0.3) is 5.91 Å². The van der Waals surface area contributed by atoms with E-state index in [0.29, 0.717) is 28.5 Å². The number of fused-ring (bicyclic) bond motifs is 2. The molecule has 0 aliphatic carbocycles. The number of anilines is 3. The molecule has 3 heterocycles. The van der Waals surface area contributed by atoms with E-state index in [2.05, 4.69) is 29.5 Å². The van der Waals surface area contributed by atoms with Crippen molar-refractivity contribution in [2.75, 3.05) is 30.4 Å². The normalized spacial score (nSPS) is 22.8. The summed E-state index contributed by atoms with van der Waals surface area (Å²) in [5.74, 6) is 0.193. The second-order valence-electron chi connectivity index (χ2n) is 7.06. The van der Waals surface area contributed by atoms with Gasteiger partial charge in [-0.25, -0.2) is 4.79 Å². The predicted octanol–water partition coefficient (Wildman–Crippen LogP) is 3.50. The van der Waals surface area contributed by atoms with Gasteiger partial charge in [-0.05, 0) is 38.1 Å². The molecule has 2 aliphatic rings. The number of hydrogen-bond donors (Lipinski definition) is 2. The third kappa shape index (κ3) is 2.97. The minimum atomic E-state index is -0.185. The monoisotopic (exact) mass is 370 g/mol. The number of hydrogen-bond acceptors (Lipinski definition) is 4. The number of rotatable bonds is 1. The number of carbonyl (C=O) groups is 2. The van der Waals surface area contributed by atoms with Crippen LogP contribution in [-0.4, -0.2) is 43.0 Å². The minimum Gasteiger partial charge on any atom is -0.334 e. The average Bonchev–Trinajstić information content (AvgIpc) is 3.04. The molecule has 2 aliphatic heterocycles. The van der Waals surface area contributed by atoms with Crippen molar-refractivity contribution in [2.45, 2.75) is 19.4 Å². The van der Waals surface area contributed by atoms with Crippen molar-refractivity contribution in [1.29, 1.82) is 0 Å². The zero-order valence-corrected chi connectivity index (χ0v) is 15.7. The lowest BCUT2D eigenvalue weighted by Crippen LogP contribution is -2.51. The summed E-state index contributed by atoms with van der Waals surface area (Å²) in [7, 11) is 2.11. The van der Waals surface area contributed by atoms with E-state index in [1.54, 1.807) is 10.3 Å². The molecule has 26 heavy (non-hydrogen) atoms. The van der Waals surface area contributed by atoms with Crippen LogP contribution in [0.4, 0.5) is 21.9 Å². The standard InChI is InChI=1S/C19H22N4O2S/c1-12-9-22(2)8-7-14(12)21-19(25)23-16-6-4-3-5-15(16)20-18(24)13-10-26-11-17(13)23/h3-6,10-12,14H,7-9H2,1-2H3,(H,20,24)(H,21,25)/t12-,14-/m0/s1. The summed E-state index contributed by atoms with van der Waals surface area (Å²) in [6.07, 6.45) is 0.923. The zero-order chi connectivity index (χ0) is 18.3. The maximum Gasteiger partial charge on any atom is 0.326 e. The molecular weight excluding hydrogens is 348 g/mol. The van der Waals surface area contributed by atoms with E-state index in [1.807, 2.05) is 29.6 Å². The molecule has 2 N–H and O–H groups in total. The molecule has 1 aromatic carbocycles. The van der Waals surface area contributed by atoms with Crippen LogP contribution in [0.15, 0.2) is 35.0 Å². The molecule has 0 bridgehead atoms. The van der Waals surface area contributed by atoms with Crippen molar-refractivity contribution >= 4 is 40.3 Å². The van der Waals surface area contributed by atoms with E-state index in [9.17, 15) is 9.59 Å². The van der Waals surface area contributed by atoms with Crippen LogP contribution in [0.2, 0.25) is 0 Å². The van der Waals surface area contributed by atoms with Crippen LogP contribution < -0.4 is 15.5 Å². The number of carbonyl (C=O) groups excluding carboxylic acids is 2. The number of benzene rings is 1. The van der Waals surface area contributed by atoms with E-state index in [1.165, 1.54) is 11.3 Å². The highest BCUT2D eigenvalue weighted by molar-refractivity contribution is 7.08. The Hall–Kier alpha value is -2.38. The predicted molar refractivity (Wildman–Crippen MR) is 104 cm³/mol. The first-order chi connectivity index (χ1) is 12.5. The molecule has 4 rings (SSSR count). The summed E-state index contributed by atoms with van der Waals surface area (Å²) in [5, 5.41) is 9.75. The van der Waals surface area contributed by atoms with Gasteiger partial charge in [-0.2, -0.15) is 0 Å². The highest BCUT2D eigenvalue weighted by Gasteiger charge is 2.33. The number of nitrogens with one attached hydrogen (secondary N) is 2. The number of thiophene rings is 1. The van der Waals surface area contributed by atoms with E-state index >= 15 is 0 Å². The maximum atomic E-state index is 13.2. The molecule has 1 aromatic heterocycles. The molecule has 6 nitrogen and oxygen atoms in total. The minimum absolute atomic E-state index is 0.125. The first-order valence-electron chi connectivity index (χ1n) is 8.80. The van der Waals surface area contributed by atoms with Gasteiger partial charge in [0.15, 0.2) is 0 Å². The lowest BCUT2D eigenvalue weighted by molar-refractivity contribution is 0.102. The van der Waals surface area contributed by atoms with Gasteiger partial charge in [0, 0.05) is 23.3 Å². The lowest BCUT2D eigenvalue weighted by Gasteiger charge is -2.36. The topological polar surface area (TPSA) is 64.7 Å². The Balaban J connectivity index is 1.68. The Bertz CT molecular complexity index is 850. The van der Waals surface area contributed by atoms with Gasteiger partial charge >= 0.3 is 6.03 Å². The number of piperidine rings is 1. The van der Waals surface area contributed by atoms with Crippen molar-refractivity contribution in [3.8, 4) is 0 Å². The fourth-order valence-electron chi connectivity index (χ4n) is 3.74. The molecule has 0 radical (unpaired) electrons. The Kier molecular flexibility index (Phi) is 4.42. The second kappa shape index (κ2) is 6.74. The molecule has 3 amide bonds. The van der Waals surface area contributed by atoms with E-state index < -0.39 is 0 Å². The van der Waals surface area contributed by atoms with Crippen LogP contribution >= 0.6 is 11.3 Å². The van der Waals surface area contributed by atoms with Gasteiger partial charge in [-0.1, -0.05) is 19.1 Å². The van der Waals surface area contributed by atoms with Crippen LogP contribution in [-0.2, 0) is 0 Å². The summed E-state index contributed by atoms with van der Waals surface area (Å²) in [4.78, 5) is 29.7. The summed E-state index contributed by atoms with van der Waals surface area (Å²) in [5.41, 5.74) is 2.50. The number of nitrogens with zero attached hydrogens (tertiary/aromatic N) is 2. The Morgan fingerprint density at radius 3 is 2.88 bits per heavy atom. The van der Waals surface area contributed by atoms with Crippen molar-refractivity contribution < 1.29 is 9.59 Å². The fourth-order valence-corrected chi connectivity index (χ4v) is 4.53. The van der Waals surface area contributed by atoms with Crippen LogP contribution in [0.3, 0.4) is 0 Å². The molecular formula is C19H22N4O2S. The molecule has 2 aromatic rings. The Labute approximate surface area is 156 Å². The molecule has 7 heteroatoms. The van der Waals surface area contributed by atoms with Crippen molar-refractivity contribution in [1.82, 2.24) is 10.2 Å². The van der Waals surface area contributed by atoms with E-state index in [0.717, 1.165) is 19.5 Å². The third-order valence-corrected chi connectivity index (χ3v) is 5.87. The molecule has 0 saturated carbocycles. The highest BCUT2D eigenvalue weighted by Crippen LogP contribution is 2.39. The molecule has 0 unspecified atom stereocenters. The largest absolute Gasteiger partial charge is 0.334 e. The Morgan fingerprint density at radius 1 is 1.27 bits per heavy atom. The van der Waals surface area contributed by atoms with Crippen molar-refractivity contribution in [3.05, 3.63) is 40.6 Å². The van der Waals surface area contributed by atoms with Crippen molar-refractivity contribution in [3.63, 3.8) is 0 Å². The van der Waals surface area contributed by atoms with Gasteiger partial charge in [0.05, 0.1) is 22.6 Å². The highest BCUT2D eigenvalue weighted by atomic mass is 32.1. The zero-order valence-electron chi connectivity index (χ0n) is 14.9. The van der Waals surface area contributed by atoms with Gasteiger partial charge in [0.2, 0.25) is 0 Å². The molecule has 2 atom stereocenters.